The van der Waals surface area contributed by atoms with E-state index >= 15 is 0 Å². The maximum absolute atomic E-state index is 11.3. The monoisotopic (exact) mass is 291 g/mol. The maximum Gasteiger partial charge on any atom is 0.308 e. The summed E-state index contributed by atoms with van der Waals surface area (Å²) in [6.45, 7) is 0.722. The smallest absolute Gasteiger partial charge is 0.308 e. The number of hydrogen-bond donors (Lipinski definition) is 1. The number of methoxy groups -OCH3 is 2. The largest absolute Gasteiger partial charge is 0.497 e. The molecule has 0 spiro atoms. The fourth-order valence-electron chi connectivity index (χ4n) is 3.82. The van der Waals surface area contributed by atoms with E-state index in [4.69, 9.17) is 9.47 Å². The molecule has 3 rings (SSSR count). The summed E-state index contributed by atoms with van der Waals surface area (Å²) >= 11 is 0. The van der Waals surface area contributed by atoms with E-state index in [9.17, 15) is 9.90 Å². The lowest BCUT2D eigenvalue weighted by molar-refractivity contribution is -0.142. The molecule has 2 saturated heterocycles. The van der Waals surface area contributed by atoms with Crippen LogP contribution in [0.5, 0.6) is 11.5 Å². The van der Waals surface area contributed by atoms with Crippen molar-refractivity contribution in [1.29, 1.82) is 0 Å². The molecule has 2 bridgehead atoms. The van der Waals surface area contributed by atoms with Crippen LogP contribution in [0.1, 0.15) is 24.8 Å². The third kappa shape index (κ3) is 2.46. The minimum Gasteiger partial charge on any atom is -0.497 e. The Bertz CT molecular complexity index is 545. The third-order valence-corrected chi connectivity index (χ3v) is 4.84. The quantitative estimate of drug-likeness (QED) is 0.900. The Morgan fingerprint density at radius 2 is 2.14 bits per heavy atom. The Balaban J connectivity index is 1.82. The van der Waals surface area contributed by atoms with Crippen LogP contribution in [0.4, 0.5) is 0 Å². The van der Waals surface area contributed by atoms with Gasteiger partial charge in [0.25, 0.3) is 0 Å². The molecule has 1 aromatic rings. The molecule has 0 amide bonds. The minimum absolute atomic E-state index is 0.156. The van der Waals surface area contributed by atoms with E-state index in [1.54, 1.807) is 14.2 Å². The van der Waals surface area contributed by atoms with Crippen LogP contribution in [0.25, 0.3) is 0 Å². The predicted molar refractivity (Wildman–Crippen MR) is 77.6 cm³/mol. The number of rotatable bonds is 5. The van der Waals surface area contributed by atoms with E-state index in [1.807, 2.05) is 18.2 Å². The molecule has 5 nitrogen and oxygen atoms in total. The fourth-order valence-corrected chi connectivity index (χ4v) is 3.82. The SMILES string of the molecule is COc1ccc(OC)c(CN2C3CCC2C(C(=O)O)C3)c1. The number of fused-ring (bicyclic) bond motifs is 2. The van der Waals surface area contributed by atoms with Crippen LogP contribution in [-0.4, -0.2) is 42.3 Å². The van der Waals surface area contributed by atoms with Gasteiger partial charge < -0.3 is 14.6 Å². The summed E-state index contributed by atoms with van der Waals surface area (Å²) in [6.07, 6.45) is 2.85. The average Bonchev–Trinajstić information content (AvgIpc) is 3.04. The zero-order valence-electron chi connectivity index (χ0n) is 12.4. The second-order valence-corrected chi connectivity index (χ2v) is 5.83. The Kier molecular flexibility index (Phi) is 3.76. The van der Waals surface area contributed by atoms with Crippen LogP contribution in [0, 0.1) is 5.92 Å². The predicted octanol–water partition coefficient (Wildman–Crippen LogP) is 2.14. The van der Waals surface area contributed by atoms with Crippen LogP contribution < -0.4 is 9.47 Å². The summed E-state index contributed by atoms with van der Waals surface area (Å²) in [7, 11) is 3.30. The summed E-state index contributed by atoms with van der Waals surface area (Å²) in [5.41, 5.74) is 1.06. The van der Waals surface area contributed by atoms with Gasteiger partial charge in [0.2, 0.25) is 0 Å². The van der Waals surface area contributed by atoms with Crippen molar-refractivity contribution >= 4 is 5.97 Å². The second-order valence-electron chi connectivity index (χ2n) is 5.83. The van der Waals surface area contributed by atoms with Gasteiger partial charge in [-0.2, -0.15) is 0 Å². The van der Waals surface area contributed by atoms with Gasteiger partial charge in [0.15, 0.2) is 0 Å². The van der Waals surface area contributed by atoms with Crippen molar-refractivity contribution in [3.05, 3.63) is 23.8 Å². The highest BCUT2D eigenvalue weighted by atomic mass is 16.5. The number of carbonyl (C=O) groups is 1. The van der Waals surface area contributed by atoms with Crippen molar-refractivity contribution in [1.82, 2.24) is 4.90 Å². The first-order valence-corrected chi connectivity index (χ1v) is 7.33. The number of aliphatic carboxylic acids is 1. The molecule has 0 saturated carbocycles. The third-order valence-electron chi connectivity index (χ3n) is 4.84. The Morgan fingerprint density at radius 3 is 2.76 bits per heavy atom. The van der Waals surface area contributed by atoms with Gasteiger partial charge in [-0.05, 0) is 37.5 Å². The molecule has 2 aliphatic rings. The number of nitrogens with zero attached hydrogens (tertiary/aromatic N) is 1. The number of benzene rings is 1. The molecule has 1 aromatic carbocycles. The van der Waals surface area contributed by atoms with E-state index < -0.39 is 5.97 Å². The first-order valence-electron chi connectivity index (χ1n) is 7.33. The van der Waals surface area contributed by atoms with E-state index in [1.165, 1.54) is 0 Å². The van der Waals surface area contributed by atoms with Crippen molar-refractivity contribution in [2.45, 2.75) is 37.9 Å². The van der Waals surface area contributed by atoms with Gasteiger partial charge in [-0.3, -0.25) is 9.69 Å². The van der Waals surface area contributed by atoms with Gasteiger partial charge in [0.1, 0.15) is 11.5 Å². The summed E-state index contributed by atoms with van der Waals surface area (Å²) in [5, 5.41) is 9.33. The van der Waals surface area contributed by atoms with Crippen molar-refractivity contribution in [2.75, 3.05) is 14.2 Å². The van der Waals surface area contributed by atoms with Gasteiger partial charge in [0.05, 0.1) is 20.1 Å². The molecule has 0 radical (unpaired) electrons. The fraction of sp³-hybridized carbons (Fsp3) is 0.562. The number of hydrogen-bond acceptors (Lipinski definition) is 4. The average molecular weight is 291 g/mol. The lowest BCUT2D eigenvalue weighted by Gasteiger charge is -2.24. The first-order chi connectivity index (χ1) is 10.1. The van der Waals surface area contributed by atoms with Crippen molar-refractivity contribution in [3.63, 3.8) is 0 Å². The van der Waals surface area contributed by atoms with E-state index in [2.05, 4.69) is 4.90 Å². The molecule has 3 atom stereocenters. The molecule has 3 unspecified atom stereocenters. The Morgan fingerprint density at radius 1 is 1.33 bits per heavy atom. The lowest BCUT2D eigenvalue weighted by Crippen LogP contribution is -2.32. The molecule has 2 aliphatic heterocycles. The van der Waals surface area contributed by atoms with Crippen molar-refractivity contribution < 1.29 is 19.4 Å². The highest BCUT2D eigenvalue weighted by Crippen LogP contribution is 2.43. The van der Waals surface area contributed by atoms with Crippen LogP contribution in [0.3, 0.4) is 0 Å². The molecular formula is C16H21NO4. The zero-order valence-corrected chi connectivity index (χ0v) is 12.4. The van der Waals surface area contributed by atoms with Gasteiger partial charge in [-0.25, -0.2) is 0 Å². The molecule has 114 valence electrons. The van der Waals surface area contributed by atoms with E-state index in [-0.39, 0.29) is 12.0 Å². The minimum atomic E-state index is -0.662. The van der Waals surface area contributed by atoms with Crippen LogP contribution in [0.2, 0.25) is 0 Å². The number of carboxylic acids is 1. The standard InChI is InChI=1S/C16H21NO4/c1-20-12-4-6-15(21-2)10(7-12)9-17-11-3-5-14(17)13(8-11)16(18)19/h4,6-7,11,13-14H,3,5,8-9H2,1-2H3,(H,18,19). The molecule has 1 N–H and O–H groups in total. The summed E-state index contributed by atoms with van der Waals surface area (Å²) < 4.78 is 10.7. The van der Waals surface area contributed by atoms with Crippen LogP contribution in [0.15, 0.2) is 18.2 Å². The lowest BCUT2D eigenvalue weighted by atomic mass is 9.89. The van der Waals surface area contributed by atoms with Gasteiger partial charge in [-0.1, -0.05) is 0 Å². The molecule has 0 aromatic heterocycles. The van der Waals surface area contributed by atoms with E-state index in [0.29, 0.717) is 6.04 Å². The second kappa shape index (κ2) is 5.56. The van der Waals surface area contributed by atoms with E-state index in [0.717, 1.165) is 42.9 Å². The molecular weight excluding hydrogens is 270 g/mol. The zero-order chi connectivity index (χ0) is 15.0. The number of ether oxygens (including phenoxy) is 2. The van der Waals surface area contributed by atoms with Gasteiger partial charge >= 0.3 is 5.97 Å². The van der Waals surface area contributed by atoms with Crippen molar-refractivity contribution in [2.24, 2.45) is 5.92 Å². The molecule has 5 heteroatoms. The maximum atomic E-state index is 11.3. The van der Waals surface area contributed by atoms with Crippen LogP contribution in [-0.2, 0) is 11.3 Å². The van der Waals surface area contributed by atoms with Crippen LogP contribution >= 0.6 is 0 Å². The first kappa shape index (κ1) is 14.2. The Hall–Kier alpha value is -1.75. The number of carboxylic acid groups (broad SMARTS) is 1. The summed E-state index contributed by atoms with van der Waals surface area (Å²) in [5.74, 6) is 0.742. The normalized spacial score (nSPS) is 27.8. The molecule has 2 heterocycles. The highest BCUT2D eigenvalue weighted by Gasteiger charge is 2.49. The molecule has 2 fully saturated rings. The highest BCUT2D eigenvalue weighted by molar-refractivity contribution is 5.71. The Labute approximate surface area is 124 Å². The molecule has 21 heavy (non-hydrogen) atoms. The molecule has 0 aliphatic carbocycles. The van der Waals surface area contributed by atoms with Gasteiger partial charge in [0, 0.05) is 24.2 Å². The summed E-state index contributed by atoms with van der Waals surface area (Å²) in [6, 6.07) is 6.30. The van der Waals surface area contributed by atoms with Crippen molar-refractivity contribution in [3.8, 4) is 11.5 Å². The van der Waals surface area contributed by atoms with Gasteiger partial charge in [-0.15, -0.1) is 0 Å². The topological polar surface area (TPSA) is 59.0 Å². The summed E-state index contributed by atoms with van der Waals surface area (Å²) in [4.78, 5) is 13.7.